The maximum atomic E-state index is 12.4. The lowest BCUT2D eigenvalue weighted by molar-refractivity contribution is -0.370. The van der Waals surface area contributed by atoms with Crippen LogP contribution in [0.5, 0.6) is 0 Å². The lowest BCUT2D eigenvalue weighted by Gasteiger charge is -2.47. The Morgan fingerprint density at radius 2 is 1.55 bits per heavy atom. The largest absolute Gasteiger partial charge is 0.394 e. The van der Waals surface area contributed by atoms with Crippen molar-refractivity contribution in [2.24, 2.45) is 17.2 Å². The van der Waals surface area contributed by atoms with E-state index < -0.39 is 104 Å². The van der Waals surface area contributed by atoms with Crippen LogP contribution >= 0.6 is 0 Å². The number of nitrogens with two attached hydrogens (primary N) is 3. The summed E-state index contributed by atoms with van der Waals surface area (Å²) in [4.78, 5) is 12.4. The van der Waals surface area contributed by atoms with Gasteiger partial charge in [-0.1, -0.05) is 0 Å². The summed E-state index contributed by atoms with van der Waals surface area (Å²) in [5, 5.41) is 74.2. The molecule has 0 aromatic rings. The standard InChI is InChI=1S/C21H41N5O12/c22-2-1-8(28)19(34)26-7-3-6(24)17(37-20-11(25)15(32)14(31)10(5-27)36-20)18(12(7)29)38-21-16(33)13(30)9(4-23)35-21/h6-18,20-21,27-33H,1-5,22-25H2,(H,26,34)/p+1. The zero-order valence-electron chi connectivity index (χ0n) is 20.8. The fourth-order valence-corrected chi connectivity index (χ4v) is 4.88. The van der Waals surface area contributed by atoms with Gasteiger partial charge >= 0.3 is 0 Å². The summed E-state index contributed by atoms with van der Waals surface area (Å²) in [5.74, 6) is -0.765. The molecule has 15 atom stereocenters. The number of quaternary nitrogens is 1. The lowest BCUT2D eigenvalue weighted by atomic mass is 9.83. The molecule has 17 N–H and O–H groups in total. The van der Waals surface area contributed by atoms with Crippen molar-refractivity contribution >= 4 is 5.91 Å². The van der Waals surface area contributed by atoms with Crippen LogP contribution in [0.3, 0.4) is 0 Å². The lowest BCUT2D eigenvalue weighted by Crippen LogP contribution is -2.69. The van der Waals surface area contributed by atoms with E-state index in [0.29, 0.717) is 6.54 Å². The number of nitrogens with one attached hydrogen (secondary N) is 1. The molecular formula is C21H42N5O12+. The van der Waals surface area contributed by atoms with Crippen LogP contribution in [0.1, 0.15) is 12.8 Å². The van der Waals surface area contributed by atoms with E-state index in [0.717, 1.165) is 0 Å². The molecule has 2 saturated heterocycles. The highest BCUT2D eigenvalue weighted by atomic mass is 16.7. The van der Waals surface area contributed by atoms with Crippen molar-refractivity contribution < 1.29 is 65.2 Å². The molecule has 17 nitrogen and oxygen atoms in total. The molecular weight excluding hydrogens is 514 g/mol. The Bertz CT molecular complexity index is 770. The number of rotatable bonds is 10. The number of carbonyl (C=O) groups excluding carboxylic acids is 1. The smallest absolute Gasteiger partial charge is 0.249 e. The van der Waals surface area contributed by atoms with Gasteiger partial charge in [0, 0.05) is 19.0 Å². The highest BCUT2D eigenvalue weighted by Gasteiger charge is 2.52. The van der Waals surface area contributed by atoms with E-state index in [9.17, 15) is 40.5 Å². The minimum atomic E-state index is -1.55. The van der Waals surface area contributed by atoms with Gasteiger partial charge in [-0.15, -0.1) is 0 Å². The van der Waals surface area contributed by atoms with Crippen LogP contribution in [0.15, 0.2) is 0 Å². The van der Waals surface area contributed by atoms with Crippen molar-refractivity contribution in [2.75, 3.05) is 19.7 Å². The van der Waals surface area contributed by atoms with Gasteiger partial charge in [0.05, 0.1) is 25.2 Å². The van der Waals surface area contributed by atoms with E-state index >= 15 is 0 Å². The average molecular weight is 557 g/mol. The SMILES string of the molecule is NCC1OC(OC2C(O)C(NC(=O)C(O)CC[NH3+])CC(N)C2OC2OC(CO)C(O)C(O)C2N)C(O)C1O. The average Bonchev–Trinajstić information content (AvgIpc) is 3.16. The Morgan fingerprint density at radius 3 is 2.13 bits per heavy atom. The number of ether oxygens (including phenoxy) is 4. The van der Waals surface area contributed by atoms with E-state index in [-0.39, 0.29) is 19.4 Å². The summed E-state index contributed by atoms with van der Waals surface area (Å²) in [6, 6.07) is -3.29. The number of hydrogen-bond acceptors (Lipinski definition) is 15. The number of aliphatic hydroxyl groups excluding tert-OH is 7. The molecule has 222 valence electrons. The van der Waals surface area contributed by atoms with E-state index in [1.807, 2.05) is 0 Å². The van der Waals surface area contributed by atoms with Crippen LogP contribution in [0.25, 0.3) is 0 Å². The molecule has 1 aliphatic carbocycles. The fourth-order valence-electron chi connectivity index (χ4n) is 4.88. The summed E-state index contributed by atoms with van der Waals surface area (Å²) >= 11 is 0. The third-order valence-electron chi connectivity index (χ3n) is 7.19. The molecule has 17 heteroatoms. The van der Waals surface area contributed by atoms with Gasteiger partial charge in [0.2, 0.25) is 5.91 Å². The maximum Gasteiger partial charge on any atom is 0.249 e. The van der Waals surface area contributed by atoms with Gasteiger partial charge in [-0.25, -0.2) is 0 Å². The molecule has 1 saturated carbocycles. The number of amides is 1. The van der Waals surface area contributed by atoms with E-state index in [2.05, 4.69) is 11.1 Å². The normalized spacial score (nSPS) is 46.6. The first-order chi connectivity index (χ1) is 17.9. The zero-order chi connectivity index (χ0) is 28.3. The monoisotopic (exact) mass is 556 g/mol. The van der Waals surface area contributed by atoms with Crippen LogP contribution in [0.4, 0.5) is 0 Å². The highest BCUT2D eigenvalue weighted by molar-refractivity contribution is 5.80. The molecule has 38 heavy (non-hydrogen) atoms. The molecule has 0 radical (unpaired) electrons. The minimum Gasteiger partial charge on any atom is -0.394 e. The van der Waals surface area contributed by atoms with Crippen LogP contribution in [0.2, 0.25) is 0 Å². The second kappa shape index (κ2) is 13.5. The number of hydrogen-bond donors (Lipinski definition) is 12. The quantitative estimate of drug-likeness (QED) is 0.119. The third-order valence-corrected chi connectivity index (χ3v) is 7.19. The molecule has 0 bridgehead atoms. The zero-order valence-corrected chi connectivity index (χ0v) is 20.8. The van der Waals surface area contributed by atoms with Crippen LogP contribution in [-0.2, 0) is 23.7 Å². The highest BCUT2D eigenvalue weighted by Crippen LogP contribution is 2.32. The molecule has 3 fully saturated rings. The van der Waals surface area contributed by atoms with Gasteiger partial charge in [0.1, 0.15) is 61.0 Å². The Kier molecular flexibility index (Phi) is 11.1. The Labute approximate surface area is 218 Å². The van der Waals surface area contributed by atoms with E-state index in [1.165, 1.54) is 0 Å². The van der Waals surface area contributed by atoms with Gasteiger partial charge < -0.3 is 82.9 Å². The second-order valence-electron chi connectivity index (χ2n) is 9.91. The van der Waals surface area contributed by atoms with Crippen molar-refractivity contribution in [3.8, 4) is 0 Å². The Balaban J connectivity index is 1.84. The second-order valence-corrected chi connectivity index (χ2v) is 9.91. The molecule has 0 spiro atoms. The number of aliphatic hydroxyl groups is 7. The summed E-state index contributed by atoms with van der Waals surface area (Å²) in [6.07, 6.45) is -16.6. The van der Waals surface area contributed by atoms with Crippen molar-refractivity contribution in [2.45, 2.75) is 105 Å². The topological polar surface area (TPSA) is 313 Å². The fraction of sp³-hybridized carbons (Fsp3) is 0.952. The predicted octanol–water partition coefficient (Wildman–Crippen LogP) is -8.50. The van der Waals surface area contributed by atoms with Crippen molar-refractivity contribution in [3.63, 3.8) is 0 Å². The van der Waals surface area contributed by atoms with Crippen LogP contribution in [-0.4, -0.2) is 153 Å². The molecule has 3 rings (SSSR count). The minimum absolute atomic E-state index is 0.0623. The molecule has 0 aromatic carbocycles. The molecule has 2 aliphatic heterocycles. The summed E-state index contributed by atoms with van der Waals surface area (Å²) < 4.78 is 22.8. The summed E-state index contributed by atoms with van der Waals surface area (Å²) in [5.41, 5.74) is 21.5. The van der Waals surface area contributed by atoms with Crippen molar-refractivity contribution in [1.82, 2.24) is 5.32 Å². The van der Waals surface area contributed by atoms with Gasteiger partial charge in [0.25, 0.3) is 0 Å². The maximum absolute atomic E-state index is 12.4. The molecule has 2 heterocycles. The van der Waals surface area contributed by atoms with Crippen LogP contribution < -0.4 is 28.3 Å². The Hall–Kier alpha value is -1.13. The summed E-state index contributed by atoms with van der Waals surface area (Å²) in [7, 11) is 0. The van der Waals surface area contributed by atoms with E-state index in [4.69, 9.17) is 36.1 Å². The number of carbonyl (C=O) groups is 1. The Morgan fingerprint density at radius 1 is 0.947 bits per heavy atom. The van der Waals surface area contributed by atoms with E-state index in [1.54, 1.807) is 0 Å². The predicted molar refractivity (Wildman–Crippen MR) is 124 cm³/mol. The van der Waals surface area contributed by atoms with Crippen LogP contribution in [0, 0.1) is 0 Å². The first-order valence-electron chi connectivity index (χ1n) is 12.6. The van der Waals surface area contributed by atoms with Gasteiger partial charge in [-0.2, -0.15) is 0 Å². The van der Waals surface area contributed by atoms with Gasteiger partial charge in [0.15, 0.2) is 12.6 Å². The first kappa shape index (κ1) is 31.4. The van der Waals surface area contributed by atoms with Gasteiger partial charge in [-0.05, 0) is 6.42 Å². The first-order valence-corrected chi connectivity index (χ1v) is 12.6. The molecule has 3 aliphatic rings. The molecule has 1 amide bonds. The summed E-state index contributed by atoms with van der Waals surface area (Å²) in [6.45, 7) is -0.503. The third kappa shape index (κ3) is 6.60. The molecule has 15 unspecified atom stereocenters. The van der Waals surface area contributed by atoms with Crippen molar-refractivity contribution in [3.05, 3.63) is 0 Å². The van der Waals surface area contributed by atoms with Gasteiger partial charge in [-0.3, -0.25) is 4.79 Å². The van der Waals surface area contributed by atoms with Crippen molar-refractivity contribution in [1.29, 1.82) is 0 Å². The molecule has 0 aromatic heterocycles.